The largest absolute Gasteiger partial charge is 0.329 e. The summed E-state index contributed by atoms with van der Waals surface area (Å²) in [5.41, 5.74) is 5.64. The van der Waals surface area contributed by atoms with E-state index < -0.39 is 0 Å². The van der Waals surface area contributed by atoms with Crippen molar-refractivity contribution in [3.63, 3.8) is 0 Å². The van der Waals surface area contributed by atoms with Crippen LogP contribution in [0.2, 0.25) is 5.02 Å². The van der Waals surface area contributed by atoms with Gasteiger partial charge in [-0.25, -0.2) is 0 Å². The molecule has 1 aromatic rings. The van der Waals surface area contributed by atoms with Crippen molar-refractivity contribution in [1.29, 1.82) is 0 Å². The van der Waals surface area contributed by atoms with Crippen molar-refractivity contribution < 1.29 is 0 Å². The lowest BCUT2D eigenvalue weighted by molar-refractivity contribution is 0.723. The molecule has 0 atom stereocenters. The van der Waals surface area contributed by atoms with Crippen LogP contribution in [0.1, 0.15) is 13.8 Å². The van der Waals surface area contributed by atoms with Gasteiger partial charge in [0.2, 0.25) is 0 Å². The molecule has 0 aromatic heterocycles. The molecule has 1 rings (SSSR count). The van der Waals surface area contributed by atoms with Crippen molar-refractivity contribution in [2.45, 2.75) is 23.5 Å². The summed E-state index contributed by atoms with van der Waals surface area (Å²) in [4.78, 5) is 1.21. The molecule has 0 heterocycles. The average Bonchev–Trinajstić information content (AvgIpc) is 2.09. The molecule has 0 unspecified atom stereocenters. The molecule has 14 heavy (non-hydrogen) atoms. The van der Waals surface area contributed by atoms with Crippen molar-refractivity contribution in [2.24, 2.45) is 5.73 Å². The molecule has 0 aliphatic rings. The van der Waals surface area contributed by atoms with Crippen molar-refractivity contribution in [1.82, 2.24) is 0 Å². The number of halogens is 2. The van der Waals surface area contributed by atoms with Crippen LogP contribution in [0.15, 0.2) is 29.2 Å². The van der Waals surface area contributed by atoms with Crippen LogP contribution in [0.4, 0.5) is 0 Å². The maximum absolute atomic E-state index is 5.78. The molecule has 0 saturated carbocycles. The Labute approximate surface area is 101 Å². The van der Waals surface area contributed by atoms with Crippen LogP contribution in [0, 0.1) is 0 Å². The highest BCUT2D eigenvalue weighted by Gasteiger charge is 2.16. The lowest BCUT2D eigenvalue weighted by Crippen LogP contribution is -2.26. The normalized spacial score (nSPS) is 10.9. The number of thioether (sulfide) groups is 1. The highest BCUT2D eigenvalue weighted by Crippen LogP contribution is 2.31. The fourth-order valence-electron chi connectivity index (χ4n) is 0.863. The van der Waals surface area contributed by atoms with E-state index in [0.717, 1.165) is 5.02 Å². The molecule has 2 N–H and O–H groups in total. The van der Waals surface area contributed by atoms with E-state index in [1.807, 2.05) is 24.3 Å². The third-order valence-electron chi connectivity index (χ3n) is 1.70. The quantitative estimate of drug-likeness (QED) is 0.832. The van der Waals surface area contributed by atoms with Crippen LogP contribution in [0.5, 0.6) is 0 Å². The van der Waals surface area contributed by atoms with Gasteiger partial charge in [0.15, 0.2) is 0 Å². The van der Waals surface area contributed by atoms with Gasteiger partial charge in [0.05, 0.1) is 0 Å². The monoisotopic (exact) mass is 251 g/mol. The van der Waals surface area contributed by atoms with Gasteiger partial charge in [0, 0.05) is 21.2 Å². The molecule has 1 aromatic carbocycles. The van der Waals surface area contributed by atoms with E-state index in [9.17, 15) is 0 Å². The highest BCUT2D eigenvalue weighted by molar-refractivity contribution is 8.00. The van der Waals surface area contributed by atoms with Crippen LogP contribution in [0.25, 0.3) is 0 Å². The SMILES string of the molecule is CC(C)(CN)Sc1ccc(Cl)cc1.Cl. The van der Waals surface area contributed by atoms with Gasteiger partial charge < -0.3 is 5.73 Å². The first-order valence-electron chi connectivity index (χ1n) is 4.18. The van der Waals surface area contributed by atoms with Crippen molar-refractivity contribution in [3.05, 3.63) is 29.3 Å². The first-order chi connectivity index (χ1) is 6.03. The zero-order valence-corrected chi connectivity index (χ0v) is 10.7. The second-order valence-electron chi connectivity index (χ2n) is 3.52. The molecule has 0 aliphatic heterocycles. The Morgan fingerprint density at radius 3 is 2.21 bits per heavy atom. The summed E-state index contributed by atoms with van der Waals surface area (Å²) < 4.78 is 0.0911. The Hall–Kier alpha value is 0.110. The Morgan fingerprint density at radius 2 is 1.79 bits per heavy atom. The first-order valence-corrected chi connectivity index (χ1v) is 5.37. The van der Waals surface area contributed by atoms with E-state index in [1.165, 1.54) is 4.90 Å². The lowest BCUT2D eigenvalue weighted by atomic mass is 10.2. The number of rotatable bonds is 3. The smallest absolute Gasteiger partial charge is 0.0406 e. The Balaban J connectivity index is 0.00000169. The van der Waals surface area contributed by atoms with Gasteiger partial charge in [-0.3, -0.25) is 0 Å². The van der Waals surface area contributed by atoms with E-state index in [4.69, 9.17) is 17.3 Å². The van der Waals surface area contributed by atoms with Gasteiger partial charge in [-0.15, -0.1) is 24.2 Å². The van der Waals surface area contributed by atoms with E-state index in [-0.39, 0.29) is 17.2 Å². The summed E-state index contributed by atoms with van der Waals surface area (Å²) in [6.45, 7) is 4.93. The second kappa shape index (κ2) is 5.86. The Morgan fingerprint density at radius 1 is 1.29 bits per heavy atom. The van der Waals surface area contributed by atoms with Crippen molar-refractivity contribution in [2.75, 3.05) is 6.54 Å². The van der Waals surface area contributed by atoms with Crippen LogP contribution in [0.3, 0.4) is 0 Å². The maximum Gasteiger partial charge on any atom is 0.0406 e. The standard InChI is InChI=1S/C10H14ClNS.ClH/c1-10(2,7-12)13-9-5-3-8(11)4-6-9;/h3-6H,7,12H2,1-2H3;1H. The summed E-state index contributed by atoms with van der Waals surface area (Å²) in [7, 11) is 0. The van der Waals surface area contributed by atoms with Crippen LogP contribution in [-0.4, -0.2) is 11.3 Å². The number of hydrogen-bond donors (Lipinski definition) is 1. The van der Waals surface area contributed by atoms with Crippen LogP contribution < -0.4 is 5.73 Å². The van der Waals surface area contributed by atoms with E-state index in [1.54, 1.807) is 11.8 Å². The van der Waals surface area contributed by atoms with Gasteiger partial charge >= 0.3 is 0 Å². The minimum Gasteiger partial charge on any atom is -0.329 e. The third kappa shape index (κ3) is 4.56. The van der Waals surface area contributed by atoms with Gasteiger partial charge in [-0.05, 0) is 38.1 Å². The lowest BCUT2D eigenvalue weighted by Gasteiger charge is -2.21. The van der Waals surface area contributed by atoms with Gasteiger partial charge in [-0.1, -0.05) is 11.6 Å². The Kier molecular flexibility index (Phi) is 5.91. The molecule has 0 amide bonds. The van der Waals surface area contributed by atoms with E-state index in [2.05, 4.69) is 13.8 Å². The van der Waals surface area contributed by atoms with E-state index in [0.29, 0.717) is 6.54 Å². The van der Waals surface area contributed by atoms with Crippen molar-refractivity contribution in [3.8, 4) is 0 Å². The highest BCUT2D eigenvalue weighted by atomic mass is 35.5. The zero-order chi connectivity index (χ0) is 9.90. The molecule has 0 saturated heterocycles. The number of benzene rings is 1. The summed E-state index contributed by atoms with van der Waals surface area (Å²) in [5.74, 6) is 0. The van der Waals surface area contributed by atoms with Gasteiger partial charge in [0.25, 0.3) is 0 Å². The molecule has 0 bridgehead atoms. The summed E-state index contributed by atoms with van der Waals surface area (Å²) in [5, 5.41) is 0.773. The van der Waals surface area contributed by atoms with Crippen molar-refractivity contribution >= 4 is 35.8 Å². The number of hydrogen-bond acceptors (Lipinski definition) is 2. The molecule has 0 aliphatic carbocycles. The molecule has 4 heteroatoms. The predicted molar refractivity (Wildman–Crippen MR) is 67.7 cm³/mol. The molecule has 1 nitrogen and oxygen atoms in total. The molecule has 0 fully saturated rings. The summed E-state index contributed by atoms with van der Waals surface area (Å²) in [6, 6.07) is 7.84. The molecular formula is C10H15Cl2NS. The molecule has 0 spiro atoms. The molecule has 0 radical (unpaired) electrons. The zero-order valence-electron chi connectivity index (χ0n) is 8.29. The topological polar surface area (TPSA) is 26.0 Å². The summed E-state index contributed by atoms with van der Waals surface area (Å²) in [6.07, 6.45) is 0. The average molecular weight is 252 g/mol. The van der Waals surface area contributed by atoms with E-state index >= 15 is 0 Å². The van der Waals surface area contributed by atoms with Crippen LogP contribution in [-0.2, 0) is 0 Å². The minimum absolute atomic E-state index is 0. The van der Waals surface area contributed by atoms with Gasteiger partial charge in [0.1, 0.15) is 0 Å². The van der Waals surface area contributed by atoms with Crippen LogP contribution >= 0.6 is 35.8 Å². The second-order valence-corrected chi connectivity index (χ2v) is 5.74. The molecular weight excluding hydrogens is 237 g/mol. The molecule has 80 valence electrons. The number of nitrogens with two attached hydrogens (primary N) is 1. The maximum atomic E-state index is 5.78. The Bertz CT molecular complexity index is 272. The third-order valence-corrected chi connectivity index (χ3v) is 3.18. The van der Waals surface area contributed by atoms with Gasteiger partial charge in [-0.2, -0.15) is 0 Å². The minimum atomic E-state index is 0. The first kappa shape index (κ1) is 14.1. The fourth-order valence-corrected chi connectivity index (χ4v) is 1.98. The predicted octanol–water partition coefficient (Wildman–Crippen LogP) is 3.59. The fraction of sp³-hybridized carbons (Fsp3) is 0.400. The summed E-state index contributed by atoms with van der Waals surface area (Å²) >= 11 is 7.55.